The number of hydrogen-bond acceptors (Lipinski definition) is 4. The highest BCUT2D eigenvalue weighted by Gasteiger charge is 2.23. The van der Waals surface area contributed by atoms with Gasteiger partial charge in [-0.3, -0.25) is 9.59 Å². The molecule has 2 amide bonds. The molecular weight excluding hydrogens is 356 g/mol. The van der Waals surface area contributed by atoms with Crippen LogP contribution < -0.4 is 19.7 Å². The average Bonchev–Trinajstić information content (AvgIpc) is 2.69. The Hall–Kier alpha value is -3.02. The summed E-state index contributed by atoms with van der Waals surface area (Å²) in [5.74, 6) is 1.12. The molecule has 0 bridgehead atoms. The number of anilines is 2. The number of methoxy groups -OCH3 is 1. The van der Waals surface area contributed by atoms with Gasteiger partial charge in [0.15, 0.2) is 6.61 Å². The van der Waals surface area contributed by atoms with Gasteiger partial charge in [0, 0.05) is 18.7 Å². The van der Waals surface area contributed by atoms with Crippen LogP contribution in [0, 0.1) is 13.8 Å². The zero-order chi connectivity index (χ0) is 20.1. The summed E-state index contributed by atoms with van der Waals surface area (Å²) in [6.07, 6.45) is 2.39. The van der Waals surface area contributed by atoms with Gasteiger partial charge >= 0.3 is 0 Å². The van der Waals surface area contributed by atoms with E-state index in [4.69, 9.17) is 9.47 Å². The molecule has 148 valence electrons. The first-order valence-electron chi connectivity index (χ1n) is 9.46. The summed E-state index contributed by atoms with van der Waals surface area (Å²) in [6.45, 7) is 4.49. The molecule has 1 aliphatic rings. The molecule has 2 aromatic rings. The number of carbonyl (C=O) groups is 2. The maximum absolute atomic E-state index is 12.3. The van der Waals surface area contributed by atoms with E-state index in [0.717, 1.165) is 24.0 Å². The summed E-state index contributed by atoms with van der Waals surface area (Å²) >= 11 is 0. The smallest absolute Gasteiger partial charge is 0.262 e. The first-order valence-corrected chi connectivity index (χ1v) is 9.46. The van der Waals surface area contributed by atoms with Crippen molar-refractivity contribution >= 4 is 23.2 Å². The van der Waals surface area contributed by atoms with E-state index in [2.05, 4.69) is 5.32 Å². The van der Waals surface area contributed by atoms with E-state index in [0.29, 0.717) is 35.8 Å². The lowest BCUT2D eigenvalue weighted by Gasteiger charge is -2.28. The number of hydrogen-bond donors (Lipinski definition) is 1. The average molecular weight is 382 g/mol. The Morgan fingerprint density at radius 2 is 1.93 bits per heavy atom. The van der Waals surface area contributed by atoms with Crippen LogP contribution >= 0.6 is 0 Å². The molecule has 28 heavy (non-hydrogen) atoms. The third kappa shape index (κ3) is 4.63. The second-order valence-corrected chi connectivity index (χ2v) is 6.99. The van der Waals surface area contributed by atoms with Crippen molar-refractivity contribution in [1.82, 2.24) is 0 Å². The highest BCUT2D eigenvalue weighted by molar-refractivity contribution is 5.97. The predicted octanol–water partition coefficient (Wildman–Crippen LogP) is 3.85. The second-order valence-electron chi connectivity index (χ2n) is 6.99. The molecule has 0 unspecified atom stereocenters. The van der Waals surface area contributed by atoms with Crippen molar-refractivity contribution in [3.63, 3.8) is 0 Å². The Balaban J connectivity index is 1.69. The van der Waals surface area contributed by atoms with E-state index in [1.807, 2.05) is 32.0 Å². The maximum Gasteiger partial charge on any atom is 0.262 e. The van der Waals surface area contributed by atoms with Crippen LogP contribution in [0.15, 0.2) is 36.4 Å². The van der Waals surface area contributed by atoms with Gasteiger partial charge in [0.2, 0.25) is 5.91 Å². The van der Waals surface area contributed by atoms with Gasteiger partial charge in [-0.05, 0) is 62.1 Å². The number of ether oxygens (including phenoxy) is 2. The quantitative estimate of drug-likeness (QED) is 0.824. The zero-order valence-electron chi connectivity index (χ0n) is 16.6. The van der Waals surface area contributed by atoms with Crippen LogP contribution in [0.4, 0.5) is 11.4 Å². The van der Waals surface area contributed by atoms with Gasteiger partial charge in [0.25, 0.3) is 5.91 Å². The number of carbonyl (C=O) groups excluding carboxylic acids is 2. The first kappa shape index (κ1) is 19.7. The molecule has 1 saturated heterocycles. The van der Waals surface area contributed by atoms with Crippen molar-refractivity contribution in [2.45, 2.75) is 33.1 Å². The zero-order valence-corrected chi connectivity index (χ0v) is 16.6. The summed E-state index contributed by atoms with van der Waals surface area (Å²) in [7, 11) is 1.57. The third-order valence-corrected chi connectivity index (χ3v) is 4.78. The maximum atomic E-state index is 12.3. The molecule has 6 nitrogen and oxygen atoms in total. The standard InChI is InChI=1S/C22H26N2O4/c1-15-7-8-16(2)20(12-15)28-14-21(25)23-17-9-10-19(27-3)18(13-17)24-11-5-4-6-22(24)26/h7-10,12-13H,4-6,11,14H2,1-3H3,(H,23,25). The van der Waals surface area contributed by atoms with Gasteiger partial charge in [-0.25, -0.2) is 0 Å². The molecule has 0 aromatic heterocycles. The monoisotopic (exact) mass is 382 g/mol. The van der Waals surface area contributed by atoms with Crippen LogP contribution in [-0.2, 0) is 9.59 Å². The van der Waals surface area contributed by atoms with Crippen LogP contribution in [0.3, 0.4) is 0 Å². The number of benzene rings is 2. The molecule has 6 heteroatoms. The first-order chi connectivity index (χ1) is 13.5. The van der Waals surface area contributed by atoms with Gasteiger partial charge in [-0.1, -0.05) is 12.1 Å². The second kappa shape index (κ2) is 8.78. The summed E-state index contributed by atoms with van der Waals surface area (Å²) in [6, 6.07) is 11.2. The number of nitrogens with zero attached hydrogens (tertiary/aromatic N) is 1. The summed E-state index contributed by atoms with van der Waals surface area (Å²) in [5, 5.41) is 2.83. The molecule has 1 heterocycles. The van der Waals surface area contributed by atoms with Crippen molar-refractivity contribution < 1.29 is 19.1 Å². The largest absolute Gasteiger partial charge is 0.495 e. The molecule has 3 rings (SSSR count). The van der Waals surface area contributed by atoms with E-state index in [9.17, 15) is 9.59 Å². The van der Waals surface area contributed by atoms with E-state index in [-0.39, 0.29) is 18.4 Å². The number of aryl methyl sites for hydroxylation is 2. The Morgan fingerprint density at radius 1 is 1.11 bits per heavy atom. The summed E-state index contributed by atoms with van der Waals surface area (Å²) in [4.78, 5) is 26.3. The van der Waals surface area contributed by atoms with E-state index in [1.54, 1.807) is 30.2 Å². The molecular formula is C22H26N2O4. The summed E-state index contributed by atoms with van der Waals surface area (Å²) < 4.78 is 11.1. The highest BCUT2D eigenvalue weighted by atomic mass is 16.5. The fraction of sp³-hybridized carbons (Fsp3) is 0.364. The predicted molar refractivity (Wildman–Crippen MR) is 109 cm³/mol. The lowest BCUT2D eigenvalue weighted by Crippen LogP contribution is -2.35. The number of rotatable bonds is 6. The van der Waals surface area contributed by atoms with Crippen LogP contribution in [0.2, 0.25) is 0 Å². The van der Waals surface area contributed by atoms with Crippen molar-refractivity contribution in [2.75, 3.05) is 30.5 Å². The Morgan fingerprint density at radius 3 is 2.68 bits per heavy atom. The normalized spacial score (nSPS) is 14.0. The SMILES string of the molecule is COc1ccc(NC(=O)COc2cc(C)ccc2C)cc1N1CCCCC1=O. The fourth-order valence-corrected chi connectivity index (χ4v) is 3.24. The number of amides is 2. The van der Waals surface area contributed by atoms with Gasteiger partial charge in [0.1, 0.15) is 11.5 Å². The molecule has 0 spiro atoms. The van der Waals surface area contributed by atoms with Gasteiger partial charge in [-0.15, -0.1) is 0 Å². The van der Waals surface area contributed by atoms with Gasteiger partial charge in [-0.2, -0.15) is 0 Å². The lowest BCUT2D eigenvalue weighted by molar-refractivity contribution is -0.119. The van der Waals surface area contributed by atoms with Crippen LogP contribution in [0.25, 0.3) is 0 Å². The van der Waals surface area contributed by atoms with Gasteiger partial charge < -0.3 is 19.7 Å². The van der Waals surface area contributed by atoms with Crippen molar-refractivity contribution in [1.29, 1.82) is 0 Å². The molecule has 0 atom stereocenters. The highest BCUT2D eigenvalue weighted by Crippen LogP contribution is 2.33. The molecule has 2 aromatic carbocycles. The molecule has 1 aliphatic heterocycles. The third-order valence-electron chi connectivity index (χ3n) is 4.78. The van der Waals surface area contributed by atoms with Crippen molar-refractivity contribution in [3.05, 3.63) is 47.5 Å². The molecule has 1 N–H and O–H groups in total. The van der Waals surface area contributed by atoms with Crippen LogP contribution in [-0.4, -0.2) is 32.1 Å². The Kier molecular flexibility index (Phi) is 6.19. The summed E-state index contributed by atoms with van der Waals surface area (Å²) in [5.41, 5.74) is 3.34. The number of nitrogens with one attached hydrogen (secondary N) is 1. The Labute approximate surface area is 165 Å². The molecule has 0 radical (unpaired) electrons. The Bertz CT molecular complexity index is 879. The minimum absolute atomic E-state index is 0.0753. The fourth-order valence-electron chi connectivity index (χ4n) is 3.24. The number of piperidine rings is 1. The molecule has 0 aliphatic carbocycles. The molecule has 1 fully saturated rings. The topological polar surface area (TPSA) is 67.9 Å². The van der Waals surface area contributed by atoms with Crippen molar-refractivity contribution in [3.8, 4) is 11.5 Å². The minimum Gasteiger partial charge on any atom is -0.495 e. The molecule has 0 saturated carbocycles. The lowest BCUT2D eigenvalue weighted by atomic mass is 10.1. The van der Waals surface area contributed by atoms with Crippen LogP contribution in [0.1, 0.15) is 30.4 Å². The van der Waals surface area contributed by atoms with E-state index < -0.39 is 0 Å². The van der Waals surface area contributed by atoms with Crippen molar-refractivity contribution in [2.24, 2.45) is 0 Å². The van der Waals surface area contributed by atoms with E-state index in [1.165, 1.54) is 0 Å². The van der Waals surface area contributed by atoms with Gasteiger partial charge in [0.05, 0.1) is 12.8 Å². The minimum atomic E-state index is -0.262. The van der Waals surface area contributed by atoms with E-state index >= 15 is 0 Å². The van der Waals surface area contributed by atoms with Crippen LogP contribution in [0.5, 0.6) is 11.5 Å².